The van der Waals surface area contributed by atoms with Crippen molar-refractivity contribution < 1.29 is 30.7 Å². The van der Waals surface area contributed by atoms with Gasteiger partial charge in [0.05, 0.1) is 0 Å². The van der Waals surface area contributed by atoms with Crippen LogP contribution in [0.4, 0.5) is 0 Å². The van der Waals surface area contributed by atoms with Gasteiger partial charge in [0.15, 0.2) is 0 Å². The molecule has 0 spiro atoms. The molecule has 0 N–H and O–H groups in total. The van der Waals surface area contributed by atoms with E-state index in [-0.39, 0.29) is 22.4 Å². The van der Waals surface area contributed by atoms with Gasteiger partial charge in [0.2, 0.25) is 0 Å². The van der Waals surface area contributed by atoms with Crippen molar-refractivity contribution in [3.8, 4) is 12.5 Å². The van der Waals surface area contributed by atoms with E-state index in [0.29, 0.717) is 12.3 Å². The van der Waals surface area contributed by atoms with Crippen molar-refractivity contribution >= 4 is 12.3 Å². The minimum Gasteiger partial charge on any atom is -0.311 e. The molecule has 0 aliphatic carbocycles. The molecule has 0 heterocycles. The molecule has 0 aromatic rings. The quantitative estimate of drug-likeness (QED) is 0.322. The Hall–Kier alpha value is -0.330. The number of rotatable bonds is 2. The summed E-state index contributed by atoms with van der Waals surface area (Å²) < 4.78 is 7.70. The van der Waals surface area contributed by atoms with Crippen molar-refractivity contribution in [2.45, 2.75) is 0 Å². The van der Waals surface area contributed by atoms with Gasteiger partial charge in [0, 0.05) is 22.4 Å². The van der Waals surface area contributed by atoms with E-state index >= 15 is 0 Å². The third kappa shape index (κ3) is 9.18. The molecule has 0 aliphatic rings. The van der Waals surface area contributed by atoms with E-state index in [1.165, 1.54) is 12.5 Å². The molecule has 0 unspecified atom stereocenters. The van der Waals surface area contributed by atoms with Crippen LogP contribution in [0.25, 0.3) is 0 Å². The Morgan fingerprint density at radius 2 is 1.50 bits per heavy atom. The molecule has 8 heavy (non-hydrogen) atoms. The van der Waals surface area contributed by atoms with Gasteiger partial charge < -0.3 is 8.37 Å². The van der Waals surface area contributed by atoms with E-state index in [1.807, 2.05) is 0 Å². The SMILES string of the molecule is N#COSOC#N.[Au]. The summed E-state index contributed by atoms with van der Waals surface area (Å²) in [7, 11) is 0. The zero-order chi connectivity index (χ0) is 5.54. The molecule has 47 valence electrons. The first kappa shape index (κ1) is 10.6. The Balaban J connectivity index is 0. The van der Waals surface area contributed by atoms with Crippen molar-refractivity contribution in [3.63, 3.8) is 0 Å². The largest absolute Gasteiger partial charge is 0.316 e. The fraction of sp³-hybridized carbons (Fsp3) is 0. The van der Waals surface area contributed by atoms with E-state index in [4.69, 9.17) is 10.5 Å². The van der Waals surface area contributed by atoms with Gasteiger partial charge >= 0.3 is 24.8 Å². The van der Waals surface area contributed by atoms with Crippen LogP contribution in [0.3, 0.4) is 0 Å². The molecule has 0 saturated heterocycles. The van der Waals surface area contributed by atoms with E-state index < -0.39 is 0 Å². The summed E-state index contributed by atoms with van der Waals surface area (Å²) in [5, 5.41) is 15.2. The van der Waals surface area contributed by atoms with Crippen LogP contribution >= 0.6 is 12.3 Å². The smallest absolute Gasteiger partial charge is 0.311 e. The van der Waals surface area contributed by atoms with E-state index in [9.17, 15) is 0 Å². The third-order valence-electron chi connectivity index (χ3n) is 0.143. The molecule has 0 aliphatic heterocycles. The molecular formula is C2AuN2O2S. The van der Waals surface area contributed by atoms with Crippen molar-refractivity contribution in [2.75, 3.05) is 0 Å². The fourth-order valence-electron chi connectivity index (χ4n) is 0.0474. The summed E-state index contributed by atoms with van der Waals surface area (Å²) in [5.74, 6) is 0. The van der Waals surface area contributed by atoms with Gasteiger partial charge in [-0.05, 0) is 0 Å². The number of hydrogen-bond acceptors (Lipinski definition) is 5. The zero-order valence-electron chi connectivity index (χ0n) is 3.42. The number of nitriles is 2. The van der Waals surface area contributed by atoms with Gasteiger partial charge in [-0.15, -0.1) is 10.5 Å². The summed E-state index contributed by atoms with van der Waals surface area (Å²) in [6, 6.07) is 0. The molecule has 0 fully saturated rings. The van der Waals surface area contributed by atoms with Crippen LogP contribution < -0.4 is 0 Å². The van der Waals surface area contributed by atoms with Crippen LogP contribution in [0.1, 0.15) is 0 Å². The van der Waals surface area contributed by atoms with Gasteiger partial charge in [-0.3, -0.25) is 0 Å². The Labute approximate surface area is 66.3 Å². The van der Waals surface area contributed by atoms with Gasteiger partial charge in [0.25, 0.3) is 0 Å². The predicted molar refractivity (Wildman–Crippen MR) is 21.0 cm³/mol. The van der Waals surface area contributed by atoms with E-state index in [2.05, 4.69) is 8.37 Å². The van der Waals surface area contributed by atoms with Gasteiger partial charge in [-0.2, -0.15) is 0 Å². The van der Waals surface area contributed by atoms with Crippen molar-refractivity contribution in [3.05, 3.63) is 0 Å². The molecule has 4 nitrogen and oxygen atoms in total. The van der Waals surface area contributed by atoms with Crippen molar-refractivity contribution in [2.24, 2.45) is 0 Å². The van der Waals surface area contributed by atoms with Crippen LogP contribution in [-0.4, -0.2) is 0 Å². The zero-order valence-corrected chi connectivity index (χ0v) is 6.40. The fourth-order valence-corrected chi connectivity index (χ4v) is 0.142. The van der Waals surface area contributed by atoms with E-state index in [1.54, 1.807) is 0 Å². The Morgan fingerprint density at radius 3 is 1.75 bits per heavy atom. The van der Waals surface area contributed by atoms with Crippen LogP contribution in [0, 0.1) is 23.0 Å². The van der Waals surface area contributed by atoms with Crippen molar-refractivity contribution in [1.82, 2.24) is 0 Å². The maximum absolute atomic E-state index is 7.61. The molecule has 0 amide bonds. The summed E-state index contributed by atoms with van der Waals surface area (Å²) in [6.45, 7) is 0. The first-order chi connectivity index (χ1) is 3.41. The molecule has 0 saturated carbocycles. The summed E-state index contributed by atoms with van der Waals surface area (Å²) >= 11 is 0.331. The standard InChI is InChI=1S/C2N2O2S.Au/c3-1-5-7-6-2-4;. The molecule has 0 bridgehead atoms. The summed E-state index contributed by atoms with van der Waals surface area (Å²) in [6.07, 6.45) is 2.58. The Bertz CT molecular complexity index is 102. The minimum atomic E-state index is 0. The van der Waals surface area contributed by atoms with Gasteiger partial charge in [-0.25, -0.2) is 0 Å². The molecular weight excluding hydrogens is 313 g/mol. The molecule has 0 atom stereocenters. The van der Waals surface area contributed by atoms with Gasteiger partial charge in [-0.1, -0.05) is 0 Å². The molecule has 6 heteroatoms. The topological polar surface area (TPSA) is 66.0 Å². The van der Waals surface area contributed by atoms with Crippen LogP contribution in [-0.2, 0) is 30.7 Å². The second-order valence-electron chi connectivity index (χ2n) is 0.417. The van der Waals surface area contributed by atoms with Crippen LogP contribution in [0.15, 0.2) is 0 Å². The van der Waals surface area contributed by atoms with Gasteiger partial charge in [0.1, 0.15) is 0 Å². The maximum Gasteiger partial charge on any atom is 0.316 e. The molecule has 0 rings (SSSR count). The van der Waals surface area contributed by atoms with Crippen LogP contribution in [0.5, 0.6) is 0 Å². The summed E-state index contributed by atoms with van der Waals surface area (Å²) in [5.41, 5.74) is 0. The number of nitrogens with zero attached hydrogens (tertiary/aromatic N) is 2. The van der Waals surface area contributed by atoms with Crippen LogP contribution in [0.2, 0.25) is 0 Å². The predicted octanol–water partition coefficient (Wildman–Crippen LogP) is 0.542. The Kier molecular flexibility index (Phi) is 13.0. The number of hydrogen-bond donors (Lipinski definition) is 0. The Morgan fingerprint density at radius 1 is 1.12 bits per heavy atom. The molecule has 0 aromatic heterocycles. The second kappa shape index (κ2) is 9.83. The average Bonchev–Trinajstić information content (AvgIpc) is 1.69. The monoisotopic (exact) mass is 313 g/mol. The molecule has 0 aromatic carbocycles. The minimum absolute atomic E-state index is 0. The normalized spacial score (nSPS) is 4.75. The first-order valence-corrected chi connectivity index (χ1v) is 1.86. The maximum atomic E-state index is 7.61. The summed E-state index contributed by atoms with van der Waals surface area (Å²) in [4.78, 5) is 0. The third-order valence-corrected chi connectivity index (χ3v) is 0.428. The van der Waals surface area contributed by atoms with E-state index in [0.717, 1.165) is 0 Å². The average molecular weight is 313 g/mol. The molecule has 1 radical (unpaired) electrons. The van der Waals surface area contributed by atoms with Crippen molar-refractivity contribution in [1.29, 1.82) is 10.5 Å². The first-order valence-electron chi connectivity index (χ1n) is 1.19. The second-order valence-corrected chi connectivity index (χ2v) is 0.887.